The molecular formula is C13H10BrN3OS. The molecule has 2 heterocycles. The Kier molecular flexibility index (Phi) is 3.12. The van der Waals surface area contributed by atoms with Gasteiger partial charge < -0.3 is 5.73 Å². The molecular weight excluding hydrogens is 326 g/mol. The van der Waals surface area contributed by atoms with Gasteiger partial charge in [0.1, 0.15) is 0 Å². The van der Waals surface area contributed by atoms with Gasteiger partial charge in [-0.2, -0.15) is 0 Å². The lowest BCUT2D eigenvalue weighted by atomic mass is 10.1. The lowest BCUT2D eigenvalue weighted by Gasteiger charge is -2.03. The van der Waals surface area contributed by atoms with Crippen molar-refractivity contribution in [3.63, 3.8) is 0 Å². The molecule has 0 fully saturated rings. The molecule has 0 saturated carbocycles. The summed E-state index contributed by atoms with van der Waals surface area (Å²) in [4.78, 5) is 17.6. The van der Waals surface area contributed by atoms with Crippen LogP contribution in [0.1, 0.15) is 16.1 Å². The third-order valence-electron chi connectivity index (χ3n) is 2.78. The van der Waals surface area contributed by atoms with Gasteiger partial charge in [-0.25, -0.2) is 4.98 Å². The lowest BCUT2D eigenvalue weighted by Crippen LogP contribution is -2.05. The number of nitrogens with two attached hydrogens (primary N) is 1. The second-order valence-electron chi connectivity index (χ2n) is 4.16. The summed E-state index contributed by atoms with van der Waals surface area (Å²) in [5.41, 5.74) is 7.66. The van der Waals surface area contributed by atoms with E-state index in [1.165, 1.54) is 0 Å². The number of hydrogen-bond acceptors (Lipinski definition) is 4. The van der Waals surface area contributed by atoms with Crippen molar-refractivity contribution in [3.05, 3.63) is 51.7 Å². The molecule has 0 atom stereocenters. The lowest BCUT2D eigenvalue weighted by molar-refractivity contribution is 0.0991. The van der Waals surface area contributed by atoms with E-state index in [0.29, 0.717) is 11.3 Å². The van der Waals surface area contributed by atoms with Crippen LogP contribution in [0.2, 0.25) is 0 Å². The zero-order valence-electron chi connectivity index (χ0n) is 9.84. The van der Waals surface area contributed by atoms with Crippen LogP contribution in [-0.4, -0.2) is 15.2 Å². The van der Waals surface area contributed by atoms with E-state index in [1.807, 2.05) is 22.2 Å². The number of imidazole rings is 1. The molecule has 0 bridgehead atoms. The first kappa shape index (κ1) is 12.4. The molecule has 2 aromatic heterocycles. The maximum absolute atomic E-state index is 12.3. The number of rotatable bonds is 3. The summed E-state index contributed by atoms with van der Waals surface area (Å²) in [6, 6.07) is 5.23. The van der Waals surface area contributed by atoms with Crippen molar-refractivity contribution in [2.75, 3.05) is 5.73 Å². The number of anilines is 1. The normalized spacial score (nSPS) is 11.0. The number of hydrogen-bond donors (Lipinski definition) is 1. The highest BCUT2D eigenvalue weighted by molar-refractivity contribution is 9.10. The summed E-state index contributed by atoms with van der Waals surface area (Å²) in [5.74, 6) is 0.00456. The largest absolute Gasteiger partial charge is 0.399 e. The molecule has 3 aromatic rings. The number of Topliss-reactive ketones (excluding diaryl/α,β-unsaturated/α-hetero) is 1. The first-order valence-corrected chi connectivity index (χ1v) is 7.30. The molecule has 0 saturated heterocycles. The van der Waals surface area contributed by atoms with Crippen molar-refractivity contribution in [3.8, 4) is 0 Å². The maximum atomic E-state index is 12.3. The van der Waals surface area contributed by atoms with Gasteiger partial charge >= 0.3 is 0 Å². The van der Waals surface area contributed by atoms with Crippen LogP contribution in [0.25, 0.3) is 4.96 Å². The standard InChI is InChI=1S/C13H10BrN3OS/c14-11-2-1-8(15)5-10(11)12(18)6-9-7-17-3-4-19-13(17)16-9/h1-5,7H,6,15H2. The Morgan fingerprint density at radius 1 is 1.47 bits per heavy atom. The van der Waals surface area contributed by atoms with Crippen molar-refractivity contribution >= 4 is 43.7 Å². The van der Waals surface area contributed by atoms with Gasteiger partial charge in [0.15, 0.2) is 10.7 Å². The average molecular weight is 336 g/mol. The third-order valence-corrected chi connectivity index (χ3v) is 4.24. The number of aromatic nitrogens is 2. The molecule has 19 heavy (non-hydrogen) atoms. The fraction of sp³-hybridized carbons (Fsp3) is 0.0769. The summed E-state index contributed by atoms with van der Waals surface area (Å²) in [6.45, 7) is 0. The number of carbonyl (C=O) groups excluding carboxylic acids is 1. The van der Waals surface area contributed by atoms with Gasteiger partial charge in [-0.05, 0) is 18.2 Å². The summed E-state index contributed by atoms with van der Waals surface area (Å²) < 4.78 is 2.68. The molecule has 0 aliphatic carbocycles. The van der Waals surface area contributed by atoms with E-state index < -0.39 is 0 Å². The number of thiazole rings is 1. The number of carbonyl (C=O) groups is 1. The molecule has 6 heteroatoms. The highest BCUT2D eigenvalue weighted by Gasteiger charge is 2.13. The van der Waals surface area contributed by atoms with Crippen LogP contribution in [-0.2, 0) is 6.42 Å². The molecule has 4 nitrogen and oxygen atoms in total. The maximum Gasteiger partial charge on any atom is 0.193 e. The molecule has 1 aromatic carbocycles. The molecule has 0 radical (unpaired) electrons. The smallest absolute Gasteiger partial charge is 0.193 e. The second kappa shape index (κ2) is 4.79. The zero-order valence-corrected chi connectivity index (χ0v) is 12.2. The predicted octanol–water partition coefficient (Wildman–Crippen LogP) is 3.17. The van der Waals surface area contributed by atoms with Crippen molar-refractivity contribution < 1.29 is 4.79 Å². The van der Waals surface area contributed by atoms with Crippen LogP contribution < -0.4 is 5.73 Å². The van der Waals surface area contributed by atoms with Crippen molar-refractivity contribution in [2.45, 2.75) is 6.42 Å². The minimum atomic E-state index is 0.00456. The summed E-state index contributed by atoms with van der Waals surface area (Å²) in [5, 5.41) is 1.96. The quantitative estimate of drug-likeness (QED) is 0.590. The molecule has 0 spiro atoms. The van der Waals surface area contributed by atoms with E-state index in [-0.39, 0.29) is 12.2 Å². The van der Waals surface area contributed by atoms with E-state index in [2.05, 4.69) is 20.9 Å². The number of benzene rings is 1. The summed E-state index contributed by atoms with van der Waals surface area (Å²) in [6.07, 6.45) is 4.08. The van der Waals surface area contributed by atoms with Gasteiger partial charge in [0.05, 0.1) is 12.1 Å². The molecule has 3 rings (SSSR count). The highest BCUT2D eigenvalue weighted by Crippen LogP contribution is 2.21. The van der Waals surface area contributed by atoms with Crippen molar-refractivity contribution in [1.29, 1.82) is 0 Å². The minimum Gasteiger partial charge on any atom is -0.399 e. The average Bonchev–Trinajstić information content (AvgIpc) is 2.92. The fourth-order valence-electron chi connectivity index (χ4n) is 1.88. The van der Waals surface area contributed by atoms with Crippen LogP contribution in [0, 0.1) is 0 Å². The number of halogens is 1. The Hall–Kier alpha value is -1.66. The van der Waals surface area contributed by atoms with Crippen LogP contribution in [0.5, 0.6) is 0 Å². The van der Waals surface area contributed by atoms with Crippen LogP contribution in [0.15, 0.2) is 40.4 Å². The molecule has 0 amide bonds. The fourth-order valence-corrected chi connectivity index (χ4v) is 3.06. The number of nitrogen functional groups attached to an aromatic ring is 1. The molecule has 0 aliphatic rings. The highest BCUT2D eigenvalue weighted by atomic mass is 79.9. The van der Waals surface area contributed by atoms with E-state index in [4.69, 9.17) is 5.73 Å². The Balaban J connectivity index is 1.88. The van der Waals surface area contributed by atoms with Crippen LogP contribution in [0.4, 0.5) is 5.69 Å². The van der Waals surface area contributed by atoms with Gasteiger partial charge in [0, 0.05) is 33.5 Å². The van der Waals surface area contributed by atoms with Gasteiger partial charge in [0.2, 0.25) is 0 Å². The van der Waals surface area contributed by atoms with Gasteiger partial charge in [-0.15, -0.1) is 11.3 Å². The van der Waals surface area contributed by atoms with E-state index >= 15 is 0 Å². The van der Waals surface area contributed by atoms with Crippen LogP contribution in [0.3, 0.4) is 0 Å². The van der Waals surface area contributed by atoms with Gasteiger partial charge in [-0.3, -0.25) is 9.20 Å². The second-order valence-corrected chi connectivity index (χ2v) is 5.89. The van der Waals surface area contributed by atoms with E-state index in [0.717, 1.165) is 15.1 Å². The minimum absolute atomic E-state index is 0.00456. The zero-order chi connectivity index (χ0) is 13.4. The molecule has 2 N–H and O–H groups in total. The predicted molar refractivity (Wildman–Crippen MR) is 79.7 cm³/mol. The Labute approximate surface area is 122 Å². The Morgan fingerprint density at radius 2 is 2.32 bits per heavy atom. The number of nitrogens with zero attached hydrogens (tertiary/aromatic N) is 2. The van der Waals surface area contributed by atoms with Crippen LogP contribution >= 0.6 is 27.3 Å². The van der Waals surface area contributed by atoms with Gasteiger partial charge in [0.25, 0.3) is 0 Å². The molecule has 0 unspecified atom stereocenters. The molecule has 96 valence electrons. The topological polar surface area (TPSA) is 60.4 Å². The van der Waals surface area contributed by atoms with Gasteiger partial charge in [-0.1, -0.05) is 15.9 Å². The van der Waals surface area contributed by atoms with E-state index in [9.17, 15) is 4.79 Å². The van der Waals surface area contributed by atoms with Crippen molar-refractivity contribution in [2.24, 2.45) is 0 Å². The molecule has 0 aliphatic heterocycles. The summed E-state index contributed by atoms with van der Waals surface area (Å²) >= 11 is 4.92. The number of fused-ring (bicyclic) bond motifs is 1. The first-order valence-electron chi connectivity index (χ1n) is 5.63. The summed E-state index contributed by atoms with van der Waals surface area (Å²) in [7, 11) is 0. The number of ketones is 1. The first-order chi connectivity index (χ1) is 9.13. The van der Waals surface area contributed by atoms with E-state index in [1.54, 1.807) is 29.5 Å². The van der Waals surface area contributed by atoms with Crippen molar-refractivity contribution in [1.82, 2.24) is 9.38 Å². The third kappa shape index (κ3) is 2.41. The monoisotopic (exact) mass is 335 g/mol. The Morgan fingerprint density at radius 3 is 3.11 bits per heavy atom. The Bertz CT molecular complexity index is 734. The SMILES string of the molecule is Nc1ccc(Br)c(C(=O)Cc2cn3ccsc3n2)c1.